The summed E-state index contributed by atoms with van der Waals surface area (Å²) in [6.45, 7) is 1.44. The van der Waals surface area contributed by atoms with Crippen LogP contribution in [0.25, 0.3) is 0 Å². The molecule has 1 saturated carbocycles. The van der Waals surface area contributed by atoms with Gasteiger partial charge in [0.1, 0.15) is 11.2 Å². The quantitative estimate of drug-likeness (QED) is 0.612. The highest BCUT2D eigenvalue weighted by molar-refractivity contribution is 6.31. The van der Waals surface area contributed by atoms with Crippen LogP contribution in [-0.4, -0.2) is 17.6 Å². The van der Waals surface area contributed by atoms with E-state index in [0.717, 1.165) is 6.07 Å². The number of carbonyl (C=O) groups is 3. The molecule has 2 aromatic rings. The number of anilines is 2. The Kier molecular flexibility index (Phi) is 4.78. The molecule has 0 aliphatic heterocycles. The summed E-state index contributed by atoms with van der Waals surface area (Å²) in [6.07, 6.45) is 0.817. The summed E-state index contributed by atoms with van der Waals surface area (Å²) in [5.41, 5.74) is 0.0660. The third-order valence-electron chi connectivity index (χ3n) is 4.32. The van der Waals surface area contributed by atoms with E-state index in [-0.39, 0.29) is 10.8 Å². The molecule has 0 saturated heterocycles. The maximum absolute atomic E-state index is 13.2. The van der Waals surface area contributed by atoms with Gasteiger partial charge in [-0.1, -0.05) is 23.7 Å². The zero-order valence-corrected chi connectivity index (χ0v) is 14.7. The summed E-state index contributed by atoms with van der Waals surface area (Å²) in [5, 5.41) is 5.18. The summed E-state index contributed by atoms with van der Waals surface area (Å²) >= 11 is 5.70. The molecule has 5 nitrogen and oxygen atoms in total. The lowest BCUT2D eigenvalue weighted by molar-refractivity contribution is -0.131. The number of amides is 2. The molecule has 0 aromatic heterocycles. The van der Waals surface area contributed by atoms with Crippen molar-refractivity contribution in [3.05, 3.63) is 58.9 Å². The molecule has 0 unspecified atom stereocenters. The second-order valence-corrected chi connectivity index (χ2v) is 6.66. The first-order valence-electron chi connectivity index (χ1n) is 8.01. The molecule has 2 amide bonds. The fraction of sp³-hybridized carbons (Fsp3) is 0.211. The van der Waals surface area contributed by atoms with Crippen LogP contribution in [0, 0.1) is 11.2 Å². The number of rotatable bonds is 5. The Morgan fingerprint density at radius 2 is 1.62 bits per heavy atom. The molecule has 0 bridgehead atoms. The van der Waals surface area contributed by atoms with Gasteiger partial charge in [0.25, 0.3) is 0 Å². The van der Waals surface area contributed by atoms with Crippen molar-refractivity contribution in [2.24, 2.45) is 5.41 Å². The summed E-state index contributed by atoms with van der Waals surface area (Å²) in [7, 11) is 0. The highest BCUT2D eigenvalue weighted by Gasteiger charge is 2.56. The average molecular weight is 375 g/mol. The minimum Gasteiger partial charge on any atom is -0.325 e. The topological polar surface area (TPSA) is 75.3 Å². The third-order valence-corrected chi connectivity index (χ3v) is 4.61. The van der Waals surface area contributed by atoms with E-state index >= 15 is 0 Å². The first-order chi connectivity index (χ1) is 12.3. The number of nitrogens with one attached hydrogen (secondary N) is 2. The van der Waals surface area contributed by atoms with Crippen molar-refractivity contribution < 1.29 is 18.8 Å². The molecule has 26 heavy (non-hydrogen) atoms. The van der Waals surface area contributed by atoms with Gasteiger partial charge in [-0.3, -0.25) is 14.4 Å². The van der Waals surface area contributed by atoms with Crippen LogP contribution < -0.4 is 10.6 Å². The summed E-state index contributed by atoms with van der Waals surface area (Å²) in [6, 6.07) is 10.3. The van der Waals surface area contributed by atoms with Crippen molar-refractivity contribution >= 4 is 40.6 Å². The second kappa shape index (κ2) is 6.88. The van der Waals surface area contributed by atoms with Crippen molar-refractivity contribution in [3.63, 3.8) is 0 Å². The largest absolute Gasteiger partial charge is 0.325 e. The highest BCUT2D eigenvalue weighted by atomic mass is 35.5. The molecule has 0 atom stereocenters. The van der Waals surface area contributed by atoms with Gasteiger partial charge in [0.05, 0.1) is 5.02 Å². The summed E-state index contributed by atoms with van der Waals surface area (Å²) in [5.74, 6) is -1.62. The minimum atomic E-state index is -1.17. The second-order valence-electron chi connectivity index (χ2n) is 6.26. The number of benzene rings is 2. The SMILES string of the molecule is CC(=O)c1cccc(NC(=O)C2(C(=O)Nc3ccc(F)c(Cl)c3)CC2)c1. The Morgan fingerprint density at radius 1 is 1.00 bits per heavy atom. The molecule has 1 aliphatic carbocycles. The number of hydrogen-bond acceptors (Lipinski definition) is 3. The summed E-state index contributed by atoms with van der Waals surface area (Å²) in [4.78, 5) is 36.6. The summed E-state index contributed by atoms with van der Waals surface area (Å²) < 4.78 is 13.2. The number of halogens is 2. The van der Waals surface area contributed by atoms with Gasteiger partial charge in [-0.05, 0) is 50.1 Å². The van der Waals surface area contributed by atoms with Crippen molar-refractivity contribution in [1.82, 2.24) is 0 Å². The van der Waals surface area contributed by atoms with E-state index in [2.05, 4.69) is 10.6 Å². The van der Waals surface area contributed by atoms with Crippen LogP contribution in [0.1, 0.15) is 30.1 Å². The van der Waals surface area contributed by atoms with Gasteiger partial charge < -0.3 is 10.6 Å². The molecule has 134 valence electrons. The lowest BCUT2D eigenvalue weighted by atomic mass is 10.0. The van der Waals surface area contributed by atoms with Crippen molar-refractivity contribution in [3.8, 4) is 0 Å². The number of carbonyl (C=O) groups excluding carboxylic acids is 3. The Labute approximate surface area is 154 Å². The maximum Gasteiger partial charge on any atom is 0.240 e. The first kappa shape index (κ1) is 18.1. The molecule has 3 rings (SSSR count). The zero-order chi connectivity index (χ0) is 18.9. The van der Waals surface area contributed by atoms with E-state index in [4.69, 9.17) is 11.6 Å². The smallest absolute Gasteiger partial charge is 0.240 e. The van der Waals surface area contributed by atoms with Gasteiger partial charge in [0, 0.05) is 16.9 Å². The predicted molar refractivity (Wildman–Crippen MR) is 96.8 cm³/mol. The molecule has 0 spiro atoms. The lowest BCUT2D eigenvalue weighted by Gasteiger charge is -2.16. The van der Waals surface area contributed by atoms with Gasteiger partial charge in [-0.2, -0.15) is 0 Å². The van der Waals surface area contributed by atoms with E-state index < -0.39 is 23.0 Å². The normalized spacial score (nSPS) is 14.4. The molecule has 1 aliphatic rings. The van der Waals surface area contributed by atoms with Gasteiger partial charge in [0.2, 0.25) is 11.8 Å². The molecule has 0 heterocycles. The molecule has 2 aromatic carbocycles. The predicted octanol–water partition coefficient (Wildman–Crippen LogP) is 4.04. The standard InChI is InChI=1S/C19H16ClFN2O3/c1-11(24)12-3-2-4-13(9-12)22-17(25)19(7-8-19)18(26)23-14-5-6-16(21)15(20)10-14/h2-6,9-10H,7-8H2,1H3,(H,22,25)(H,23,26). The number of ketones is 1. The van der Waals surface area contributed by atoms with Crippen LogP contribution in [0.2, 0.25) is 5.02 Å². The molecule has 0 radical (unpaired) electrons. The average Bonchev–Trinajstić information content (AvgIpc) is 3.40. The van der Waals surface area contributed by atoms with Gasteiger partial charge >= 0.3 is 0 Å². The Bertz CT molecular complexity index is 909. The van der Waals surface area contributed by atoms with Crippen molar-refractivity contribution in [2.45, 2.75) is 19.8 Å². The van der Waals surface area contributed by atoms with Crippen molar-refractivity contribution in [1.29, 1.82) is 0 Å². The molecule has 2 N–H and O–H groups in total. The van der Waals surface area contributed by atoms with E-state index in [9.17, 15) is 18.8 Å². The maximum atomic E-state index is 13.2. The fourth-order valence-corrected chi connectivity index (χ4v) is 2.75. The van der Waals surface area contributed by atoms with Crippen LogP contribution in [-0.2, 0) is 9.59 Å². The number of Topliss-reactive ketones (excluding diaryl/α,β-unsaturated/α-hetero) is 1. The molecule has 1 fully saturated rings. The molecular formula is C19H16ClFN2O3. The van der Waals surface area contributed by atoms with E-state index in [1.54, 1.807) is 24.3 Å². The van der Waals surface area contributed by atoms with Crippen LogP contribution in [0.3, 0.4) is 0 Å². The van der Waals surface area contributed by atoms with Crippen LogP contribution in [0.5, 0.6) is 0 Å². The van der Waals surface area contributed by atoms with Gasteiger partial charge in [-0.15, -0.1) is 0 Å². The molecular weight excluding hydrogens is 359 g/mol. The third kappa shape index (κ3) is 3.60. The van der Waals surface area contributed by atoms with E-state index in [0.29, 0.717) is 29.8 Å². The van der Waals surface area contributed by atoms with Crippen LogP contribution >= 0.6 is 11.6 Å². The molecule has 7 heteroatoms. The van der Waals surface area contributed by atoms with Crippen LogP contribution in [0.4, 0.5) is 15.8 Å². The Hall–Kier alpha value is -2.73. The highest BCUT2D eigenvalue weighted by Crippen LogP contribution is 2.47. The van der Waals surface area contributed by atoms with E-state index in [1.165, 1.54) is 19.1 Å². The minimum absolute atomic E-state index is 0.113. The van der Waals surface area contributed by atoms with Gasteiger partial charge in [-0.25, -0.2) is 4.39 Å². The number of hydrogen-bond donors (Lipinski definition) is 2. The Morgan fingerprint density at radius 3 is 2.15 bits per heavy atom. The Balaban J connectivity index is 1.72. The first-order valence-corrected chi connectivity index (χ1v) is 8.38. The lowest BCUT2D eigenvalue weighted by Crippen LogP contribution is -2.35. The van der Waals surface area contributed by atoms with Crippen LogP contribution in [0.15, 0.2) is 42.5 Å². The van der Waals surface area contributed by atoms with Crippen molar-refractivity contribution in [2.75, 3.05) is 10.6 Å². The van der Waals surface area contributed by atoms with Gasteiger partial charge in [0.15, 0.2) is 5.78 Å². The zero-order valence-electron chi connectivity index (χ0n) is 13.9. The van der Waals surface area contributed by atoms with E-state index in [1.807, 2.05) is 0 Å². The fourth-order valence-electron chi connectivity index (χ4n) is 2.57. The monoisotopic (exact) mass is 374 g/mol.